The summed E-state index contributed by atoms with van der Waals surface area (Å²) in [7, 11) is -7.71. The van der Waals surface area contributed by atoms with Crippen LogP contribution in [0.15, 0.2) is 58.3 Å². The third-order valence-electron chi connectivity index (χ3n) is 10.2. The lowest BCUT2D eigenvalue weighted by Gasteiger charge is -2.32. The van der Waals surface area contributed by atoms with Gasteiger partial charge in [0, 0.05) is 12.1 Å². The number of rotatable bonds is 0. The van der Waals surface area contributed by atoms with Gasteiger partial charge in [0.1, 0.15) is 11.5 Å². The molecule has 0 unspecified atom stereocenters. The van der Waals surface area contributed by atoms with Gasteiger partial charge in [-0.25, -0.2) is 26.3 Å². The van der Waals surface area contributed by atoms with Gasteiger partial charge in [-0.1, -0.05) is 128 Å². The Kier molecular flexibility index (Phi) is 18.5. The summed E-state index contributed by atoms with van der Waals surface area (Å²) in [6.07, 6.45) is 28.4. The lowest BCUT2D eigenvalue weighted by atomic mass is 9.92. The molecule has 0 spiro atoms. The van der Waals surface area contributed by atoms with Crippen molar-refractivity contribution in [3.8, 4) is 11.5 Å². The molecule has 10 heteroatoms. The summed E-state index contributed by atoms with van der Waals surface area (Å²) >= 11 is 0. The molecular weight excluding hydrogens is 669 g/mol. The number of ether oxygens (including phenoxy) is 2. The lowest BCUT2D eigenvalue weighted by molar-refractivity contribution is 0.304. The van der Waals surface area contributed by atoms with E-state index in [9.17, 15) is 16.8 Å². The van der Waals surface area contributed by atoms with Crippen LogP contribution >= 0.6 is 0 Å². The van der Waals surface area contributed by atoms with Crippen molar-refractivity contribution in [1.29, 1.82) is 0 Å². The van der Waals surface area contributed by atoms with Crippen molar-refractivity contribution in [3.05, 3.63) is 48.5 Å². The molecule has 50 heavy (non-hydrogen) atoms. The molecule has 0 aromatic heterocycles. The van der Waals surface area contributed by atoms with Gasteiger partial charge < -0.3 is 9.47 Å². The van der Waals surface area contributed by atoms with Crippen LogP contribution < -0.4 is 18.9 Å². The molecule has 6 rings (SSSR count). The second kappa shape index (κ2) is 22.7. The molecule has 2 N–H and O–H groups in total. The average molecular weight is 733 g/mol. The van der Waals surface area contributed by atoms with E-state index in [4.69, 9.17) is 9.47 Å². The van der Waals surface area contributed by atoms with Gasteiger partial charge >= 0.3 is 0 Å². The molecule has 0 radical (unpaired) electrons. The van der Waals surface area contributed by atoms with Crippen LogP contribution in [0.3, 0.4) is 0 Å². The van der Waals surface area contributed by atoms with Gasteiger partial charge in [-0.3, -0.25) is 0 Å². The first kappa shape index (κ1) is 40.6. The minimum atomic E-state index is -3.86. The van der Waals surface area contributed by atoms with E-state index in [0.717, 1.165) is 38.5 Å². The highest BCUT2D eigenvalue weighted by Crippen LogP contribution is 2.25. The first-order valence-electron chi connectivity index (χ1n) is 19.8. The van der Waals surface area contributed by atoms with Crippen LogP contribution in [0.4, 0.5) is 0 Å². The molecule has 4 bridgehead atoms. The largest absolute Gasteiger partial charge is 0.494 e. The number of hydrogen-bond donors (Lipinski definition) is 2. The highest BCUT2D eigenvalue weighted by atomic mass is 32.2. The number of hydrogen-bond acceptors (Lipinski definition) is 6. The van der Waals surface area contributed by atoms with E-state index < -0.39 is 32.1 Å². The Labute approximate surface area is 304 Å². The smallest absolute Gasteiger partial charge is 0.240 e. The van der Waals surface area contributed by atoms with Gasteiger partial charge in [-0.15, -0.1) is 0 Å². The van der Waals surface area contributed by atoms with Gasteiger partial charge in [0.2, 0.25) is 20.0 Å². The SMILES string of the molecule is O=S1(=O)N[C@H]2CCCC[C@@H]2NS(=O)(=O)c2ccc(cc2)OCCCCCCCCCCCCCCCCCCCCCCOc2ccc1cc2. The molecule has 2 atom stereocenters. The molecule has 0 saturated heterocycles. The average Bonchev–Trinajstić information content (AvgIpc) is 3.11. The highest BCUT2D eigenvalue weighted by molar-refractivity contribution is 7.90. The zero-order valence-electron chi connectivity index (χ0n) is 30.4. The lowest BCUT2D eigenvalue weighted by Crippen LogP contribution is -2.52. The van der Waals surface area contributed by atoms with E-state index in [-0.39, 0.29) is 9.79 Å². The van der Waals surface area contributed by atoms with E-state index in [2.05, 4.69) is 9.44 Å². The normalized spacial score (nSPS) is 25.1. The Balaban J connectivity index is 1.30. The van der Waals surface area contributed by atoms with E-state index in [0.29, 0.717) is 37.6 Å². The number of benzene rings is 2. The summed E-state index contributed by atoms with van der Waals surface area (Å²) in [5.41, 5.74) is 0. The molecule has 4 aliphatic rings. The molecule has 3 heterocycles. The van der Waals surface area contributed by atoms with E-state index in [1.807, 2.05) is 0 Å². The topological polar surface area (TPSA) is 111 Å². The van der Waals surface area contributed by atoms with Crippen molar-refractivity contribution in [2.24, 2.45) is 0 Å². The Morgan fingerprint density at radius 2 is 0.640 bits per heavy atom. The van der Waals surface area contributed by atoms with Crippen LogP contribution in [0, 0.1) is 0 Å². The molecule has 2 aromatic rings. The zero-order valence-corrected chi connectivity index (χ0v) is 32.1. The van der Waals surface area contributed by atoms with Crippen molar-refractivity contribution < 1.29 is 26.3 Å². The zero-order chi connectivity index (χ0) is 35.3. The fraction of sp³-hybridized carbons (Fsp3) is 0.700. The van der Waals surface area contributed by atoms with Crippen LogP contribution in [-0.4, -0.2) is 42.1 Å². The molecule has 1 aliphatic carbocycles. The van der Waals surface area contributed by atoms with Crippen molar-refractivity contribution >= 4 is 20.0 Å². The van der Waals surface area contributed by atoms with Crippen LogP contribution in [0.1, 0.15) is 154 Å². The van der Waals surface area contributed by atoms with Crippen LogP contribution in [0.25, 0.3) is 0 Å². The molecule has 282 valence electrons. The third-order valence-corrected chi connectivity index (χ3v) is 13.2. The Bertz CT molecular complexity index is 1310. The Morgan fingerprint density at radius 3 is 0.920 bits per heavy atom. The van der Waals surface area contributed by atoms with Gasteiger partial charge in [-0.05, 0) is 74.2 Å². The standard InChI is InChI=1S/C40H64N2O6S2/c43-49(44)37-29-25-35(26-30-37)47-33-21-17-15-13-11-9-7-5-3-1-2-4-6-8-10-12-14-16-18-22-34-48-36-27-31-38(32-28-36)50(45,46)42-40-24-20-19-23-39(40)41-49/h25-32,39-42H,1-24,33-34H2/t39-,40-/m0/s1. The number of sulfonamides is 2. The maximum atomic E-state index is 13.3. The first-order chi connectivity index (χ1) is 24.3. The van der Waals surface area contributed by atoms with Gasteiger partial charge in [-0.2, -0.15) is 0 Å². The van der Waals surface area contributed by atoms with E-state index in [1.165, 1.54) is 103 Å². The first-order valence-corrected chi connectivity index (χ1v) is 22.8. The molecular formula is C40H64N2O6S2. The molecule has 2 aromatic carbocycles. The predicted octanol–water partition coefficient (Wildman–Crippen LogP) is 9.83. The van der Waals surface area contributed by atoms with Crippen LogP contribution in [0.2, 0.25) is 0 Å². The molecule has 0 amide bonds. The second-order valence-electron chi connectivity index (χ2n) is 14.5. The molecule has 8 nitrogen and oxygen atoms in total. The highest BCUT2D eigenvalue weighted by Gasteiger charge is 2.33. The second-order valence-corrected chi connectivity index (χ2v) is 17.9. The van der Waals surface area contributed by atoms with Crippen molar-refractivity contribution in [3.63, 3.8) is 0 Å². The summed E-state index contributed by atoms with van der Waals surface area (Å²) in [5, 5.41) is 0. The number of fused-ring (bicyclic) bond motifs is 2. The number of nitrogens with one attached hydrogen (secondary N) is 2. The van der Waals surface area contributed by atoms with Gasteiger partial charge in [0.05, 0.1) is 23.0 Å². The van der Waals surface area contributed by atoms with Crippen molar-refractivity contribution in [2.75, 3.05) is 13.2 Å². The molecule has 1 saturated carbocycles. The summed E-state index contributed by atoms with van der Waals surface area (Å²) < 4.78 is 70.8. The van der Waals surface area contributed by atoms with Gasteiger partial charge in [0.15, 0.2) is 0 Å². The maximum absolute atomic E-state index is 13.3. The fourth-order valence-corrected chi connectivity index (χ4v) is 9.77. The predicted molar refractivity (Wildman–Crippen MR) is 203 cm³/mol. The van der Waals surface area contributed by atoms with E-state index >= 15 is 0 Å². The third kappa shape index (κ3) is 15.2. The summed E-state index contributed by atoms with van der Waals surface area (Å²) in [6, 6.07) is 11.9. The monoisotopic (exact) mass is 732 g/mol. The molecule has 1 fully saturated rings. The Hall–Kier alpha value is -2.14. The minimum Gasteiger partial charge on any atom is -0.494 e. The van der Waals surface area contributed by atoms with Crippen molar-refractivity contribution in [1.82, 2.24) is 9.44 Å². The summed E-state index contributed by atoms with van der Waals surface area (Å²) in [4.78, 5) is 0.281. The maximum Gasteiger partial charge on any atom is 0.240 e. The summed E-state index contributed by atoms with van der Waals surface area (Å²) in [6.45, 7) is 1.23. The van der Waals surface area contributed by atoms with Crippen molar-refractivity contribution in [2.45, 2.75) is 176 Å². The fourth-order valence-electron chi connectivity index (χ4n) is 7.14. The van der Waals surface area contributed by atoms with Gasteiger partial charge in [0.25, 0.3) is 0 Å². The quantitative estimate of drug-likeness (QED) is 0.279. The Morgan fingerprint density at radius 1 is 0.380 bits per heavy atom. The van der Waals surface area contributed by atoms with Crippen LogP contribution in [0.5, 0.6) is 11.5 Å². The summed E-state index contributed by atoms with van der Waals surface area (Å²) in [5.74, 6) is 1.30. The van der Waals surface area contributed by atoms with Crippen LogP contribution in [-0.2, 0) is 20.0 Å². The minimum absolute atomic E-state index is 0.141. The molecule has 3 aliphatic heterocycles. The van der Waals surface area contributed by atoms with E-state index in [1.54, 1.807) is 48.5 Å².